The summed E-state index contributed by atoms with van der Waals surface area (Å²) in [7, 11) is 0. The Balaban J connectivity index is 2.23. The number of halogens is 2. The van der Waals surface area contributed by atoms with Gasteiger partial charge >= 0.3 is 5.97 Å². The lowest BCUT2D eigenvalue weighted by molar-refractivity contribution is -0.141. The maximum Gasteiger partial charge on any atom is 0.311 e. The predicted molar refractivity (Wildman–Crippen MR) is 97.3 cm³/mol. The maximum atomic E-state index is 12.1. The first kappa shape index (κ1) is 19.0. The number of benzene rings is 1. The molecule has 0 fully saturated rings. The van der Waals surface area contributed by atoms with Gasteiger partial charge in [-0.05, 0) is 19.1 Å². The van der Waals surface area contributed by atoms with E-state index in [9.17, 15) is 9.59 Å². The quantitative estimate of drug-likeness (QED) is 0.451. The van der Waals surface area contributed by atoms with Crippen LogP contribution in [-0.2, 0) is 16.1 Å². The smallest absolute Gasteiger partial charge is 0.311 e. The van der Waals surface area contributed by atoms with Crippen LogP contribution in [0.25, 0.3) is 0 Å². The van der Waals surface area contributed by atoms with Gasteiger partial charge in [0.1, 0.15) is 5.02 Å². The van der Waals surface area contributed by atoms with E-state index < -0.39 is 11.5 Å². The molecule has 0 atom stereocenters. The normalized spacial score (nSPS) is 11.2. The van der Waals surface area contributed by atoms with Crippen molar-refractivity contribution >= 4 is 40.6 Å². The van der Waals surface area contributed by atoms with E-state index >= 15 is 0 Å². The zero-order chi connectivity index (χ0) is 18.2. The third-order valence-corrected chi connectivity index (χ3v) is 3.79. The van der Waals surface area contributed by atoms with Gasteiger partial charge in [0.15, 0.2) is 0 Å². The maximum absolute atomic E-state index is 12.1. The average Bonchev–Trinajstić information content (AvgIpc) is 2.61. The fourth-order valence-electron chi connectivity index (χ4n) is 1.90. The second-order valence-electron chi connectivity index (χ2n) is 4.91. The number of nitrogens with one attached hydrogen (secondary N) is 1. The van der Waals surface area contributed by atoms with E-state index in [1.165, 1.54) is 6.20 Å². The van der Waals surface area contributed by atoms with Crippen LogP contribution < -0.4 is 11.0 Å². The molecule has 2 rings (SSSR count). The van der Waals surface area contributed by atoms with Gasteiger partial charge in [0, 0.05) is 0 Å². The van der Waals surface area contributed by atoms with E-state index in [0.29, 0.717) is 5.71 Å². The van der Waals surface area contributed by atoms with Crippen LogP contribution in [-0.4, -0.2) is 28.1 Å². The minimum absolute atomic E-state index is 0.0334. The molecular weight excluding hydrogens is 367 g/mol. The van der Waals surface area contributed by atoms with E-state index in [-0.39, 0.29) is 29.6 Å². The molecule has 0 saturated heterocycles. The van der Waals surface area contributed by atoms with Crippen molar-refractivity contribution in [2.75, 3.05) is 12.0 Å². The fourth-order valence-corrected chi connectivity index (χ4v) is 2.17. The highest BCUT2D eigenvalue weighted by Crippen LogP contribution is 2.14. The number of para-hydroxylation sites is 1. The third-order valence-electron chi connectivity index (χ3n) is 3.05. The minimum atomic E-state index is -0.564. The van der Waals surface area contributed by atoms with Crippen molar-refractivity contribution in [1.29, 1.82) is 0 Å². The van der Waals surface area contributed by atoms with E-state index in [1.807, 2.05) is 30.3 Å². The molecule has 2 aromatic rings. The zero-order valence-corrected chi connectivity index (χ0v) is 14.9. The van der Waals surface area contributed by atoms with Gasteiger partial charge in [0.05, 0.1) is 42.2 Å². The molecular formula is C16H16Cl2N4O3. The first-order valence-corrected chi connectivity index (χ1v) is 8.20. The Morgan fingerprint density at radius 2 is 2.04 bits per heavy atom. The van der Waals surface area contributed by atoms with E-state index in [1.54, 1.807) is 6.92 Å². The van der Waals surface area contributed by atoms with Crippen molar-refractivity contribution in [1.82, 2.24) is 9.78 Å². The molecule has 0 unspecified atom stereocenters. The highest BCUT2D eigenvalue weighted by Gasteiger charge is 2.14. The topological polar surface area (TPSA) is 85.6 Å². The van der Waals surface area contributed by atoms with Crippen LogP contribution in [0.5, 0.6) is 0 Å². The summed E-state index contributed by atoms with van der Waals surface area (Å²) in [5, 5.41) is 8.04. The number of hydrogen-bond donors (Lipinski definition) is 1. The fraction of sp³-hybridized carbons (Fsp3) is 0.250. The van der Waals surface area contributed by atoms with Crippen LogP contribution in [0.4, 0.5) is 5.69 Å². The van der Waals surface area contributed by atoms with Gasteiger partial charge in [-0.3, -0.25) is 15.0 Å². The Bertz CT molecular complexity index is 822. The van der Waals surface area contributed by atoms with Crippen molar-refractivity contribution in [3.05, 3.63) is 56.9 Å². The largest absolute Gasteiger partial charge is 0.466 e. The molecule has 0 radical (unpaired) electrons. The highest BCUT2D eigenvalue weighted by molar-refractivity contribution is 6.41. The van der Waals surface area contributed by atoms with Crippen LogP contribution >= 0.6 is 23.2 Å². The Labute approximate surface area is 154 Å². The third kappa shape index (κ3) is 5.58. The summed E-state index contributed by atoms with van der Waals surface area (Å²) in [6.45, 7) is 1.93. The lowest BCUT2D eigenvalue weighted by Crippen LogP contribution is -2.28. The molecule has 0 aliphatic carbocycles. The van der Waals surface area contributed by atoms with Gasteiger partial charge < -0.3 is 4.74 Å². The Morgan fingerprint density at radius 1 is 1.32 bits per heavy atom. The Morgan fingerprint density at radius 3 is 2.72 bits per heavy atom. The molecule has 9 heteroatoms. The molecule has 25 heavy (non-hydrogen) atoms. The number of anilines is 1. The van der Waals surface area contributed by atoms with E-state index in [0.717, 1.165) is 10.4 Å². The van der Waals surface area contributed by atoms with Crippen molar-refractivity contribution in [2.24, 2.45) is 5.10 Å². The number of nitrogens with zero attached hydrogens (tertiary/aromatic N) is 3. The molecule has 0 bridgehead atoms. The summed E-state index contributed by atoms with van der Waals surface area (Å²) in [5.74, 6) is -0.454. The minimum Gasteiger partial charge on any atom is -0.466 e. The number of hydrogen-bond acceptors (Lipinski definition) is 6. The molecule has 0 aliphatic rings. The van der Waals surface area contributed by atoms with Crippen molar-refractivity contribution in [3.8, 4) is 0 Å². The monoisotopic (exact) mass is 382 g/mol. The molecule has 0 amide bonds. The van der Waals surface area contributed by atoms with Gasteiger partial charge in [-0.25, -0.2) is 4.68 Å². The number of hydrazone groups is 1. The van der Waals surface area contributed by atoms with Crippen LogP contribution in [0.2, 0.25) is 10.0 Å². The van der Waals surface area contributed by atoms with Crippen molar-refractivity contribution in [3.63, 3.8) is 0 Å². The van der Waals surface area contributed by atoms with Gasteiger partial charge in [-0.1, -0.05) is 41.4 Å². The zero-order valence-electron chi connectivity index (χ0n) is 13.4. The number of rotatable bonds is 7. The van der Waals surface area contributed by atoms with E-state index in [2.05, 4.69) is 15.6 Å². The first-order chi connectivity index (χ1) is 12.0. The molecule has 1 aromatic carbocycles. The summed E-state index contributed by atoms with van der Waals surface area (Å²) >= 11 is 11.6. The summed E-state index contributed by atoms with van der Waals surface area (Å²) in [6.07, 6.45) is 1.17. The van der Waals surface area contributed by atoms with Crippen LogP contribution in [0, 0.1) is 0 Å². The molecule has 7 nitrogen and oxygen atoms in total. The number of ether oxygens (including phenoxy) is 1. The number of aromatic nitrogens is 2. The summed E-state index contributed by atoms with van der Waals surface area (Å²) < 4.78 is 6.01. The second-order valence-corrected chi connectivity index (χ2v) is 5.69. The molecule has 0 aliphatic heterocycles. The second kappa shape index (κ2) is 9.19. The molecule has 0 saturated carbocycles. The highest BCUT2D eigenvalue weighted by atomic mass is 35.5. The molecule has 1 N–H and O–H groups in total. The summed E-state index contributed by atoms with van der Waals surface area (Å²) in [4.78, 5) is 23.9. The Hall–Kier alpha value is -2.38. The molecule has 1 aromatic heterocycles. The first-order valence-electron chi connectivity index (χ1n) is 7.44. The summed E-state index contributed by atoms with van der Waals surface area (Å²) in [5.41, 5.74) is 3.36. The van der Waals surface area contributed by atoms with Crippen molar-refractivity contribution < 1.29 is 9.53 Å². The van der Waals surface area contributed by atoms with Gasteiger partial charge in [-0.2, -0.15) is 10.2 Å². The molecule has 1 heterocycles. The van der Waals surface area contributed by atoms with Gasteiger partial charge in [0.2, 0.25) is 0 Å². The SMILES string of the molecule is CCOC(=O)C/C(Cn1ncc(Cl)c(Cl)c1=O)=N/Nc1ccccc1. The molecule has 0 spiro atoms. The number of carbonyl (C=O) groups is 1. The van der Waals surface area contributed by atoms with Crippen LogP contribution in [0.3, 0.4) is 0 Å². The van der Waals surface area contributed by atoms with E-state index in [4.69, 9.17) is 27.9 Å². The average molecular weight is 383 g/mol. The van der Waals surface area contributed by atoms with Gasteiger partial charge in [-0.15, -0.1) is 0 Å². The summed E-state index contributed by atoms with van der Waals surface area (Å²) in [6, 6.07) is 9.18. The predicted octanol–water partition coefficient (Wildman–Crippen LogP) is 2.97. The van der Waals surface area contributed by atoms with Crippen LogP contribution in [0.1, 0.15) is 13.3 Å². The van der Waals surface area contributed by atoms with Gasteiger partial charge in [0.25, 0.3) is 5.56 Å². The Kier molecular flexibility index (Phi) is 6.97. The lowest BCUT2D eigenvalue weighted by Gasteiger charge is -2.09. The number of carbonyl (C=O) groups excluding carboxylic acids is 1. The lowest BCUT2D eigenvalue weighted by atomic mass is 10.2. The van der Waals surface area contributed by atoms with Crippen molar-refractivity contribution in [2.45, 2.75) is 19.9 Å². The van der Waals surface area contributed by atoms with Crippen LogP contribution in [0.15, 0.2) is 46.4 Å². The standard InChI is InChI=1S/C16H16Cl2N4O3/c1-2-25-14(23)8-12(21-20-11-6-4-3-5-7-11)10-22-16(24)15(18)13(17)9-19-22/h3-7,9,20H,2,8,10H2,1H3/b21-12-. The molecule has 132 valence electrons. The number of esters is 1.